The molecule has 0 aromatic carbocycles. The largest absolute Gasteiger partial charge is 0.393 e. The molecule has 0 aliphatic heterocycles. The Morgan fingerprint density at radius 1 is 1.19 bits per heavy atom. The van der Waals surface area contributed by atoms with Crippen molar-refractivity contribution in [2.24, 2.45) is 17.8 Å². The molecule has 0 spiro atoms. The molecule has 0 heterocycles. The minimum atomic E-state index is -0.165. The van der Waals surface area contributed by atoms with Gasteiger partial charge in [0.25, 0.3) is 0 Å². The van der Waals surface area contributed by atoms with Crippen LogP contribution in [-0.4, -0.2) is 23.8 Å². The first kappa shape index (κ1) is 14.0. The summed E-state index contributed by atoms with van der Waals surface area (Å²) >= 11 is 0. The van der Waals surface area contributed by atoms with Gasteiger partial charge in [0, 0.05) is 6.04 Å². The van der Waals surface area contributed by atoms with Crippen molar-refractivity contribution in [3.05, 3.63) is 0 Å². The second-order valence-corrected chi connectivity index (χ2v) is 6.06. The molecular formula is C14H29NO. The van der Waals surface area contributed by atoms with Crippen LogP contribution in [0.1, 0.15) is 53.4 Å². The third kappa shape index (κ3) is 4.84. The highest BCUT2D eigenvalue weighted by Crippen LogP contribution is 2.29. The van der Waals surface area contributed by atoms with E-state index in [2.05, 4.69) is 26.1 Å². The van der Waals surface area contributed by atoms with Crippen LogP contribution in [0, 0.1) is 17.8 Å². The normalized spacial score (nSPS) is 34.7. The number of hydrogen-bond acceptors (Lipinski definition) is 2. The molecule has 0 aromatic rings. The lowest BCUT2D eigenvalue weighted by Crippen LogP contribution is -2.38. The van der Waals surface area contributed by atoms with E-state index in [9.17, 15) is 5.11 Å². The van der Waals surface area contributed by atoms with Gasteiger partial charge in [-0.1, -0.05) is 20.8 Å². The standard InChI is InChI=1S/C14H29NO/c1-10(7-13(4)16)9-15-14-6-5-11(2)12(3)8-14/h10-16H,5-9H2,1-4H3/t10-,11+,12-,13+,14+/m0/s1. The Labute approximate surface area is 101 Å². The molecule has 0 amide bonds. The molecule has 0 saturated heterocycles. The molecule has 1 aliphatic rings. The fraction of sp³-hybridized carbons (Fsp3) is 1.00. The highest BCUT2D eigenvalue weighted by molar-refractivity contribution is 4.80. The van der Waals surface area contributed by atoms with Gasteiger partial charge in [0.2, 0.25) is 0 Å². The highest BCUT2D eigenvalue weighted by Gasteiger charge is 2.24. The van der Waals surface area contributed by atoms with Crippen molar-refractivity contribution in [2.45, 2.75) is 65.5 Å². The van der Waals surface area contributed by atoms with E-state index in [4.69, 9.17) is 0 Å². The van der Waals surface area contributed by atoms with Crippen LogP contribution in [0.4, 0.5) is 0 Å². The van der Waals surface area contributed by atoms with Gasteiger partial charge in [0.1, 0.15) is 0 Å². The predicted molar refractivity (Wildman–Crippen MR) is 69.4 cm³/mol. The van der Waals surface area contributed by atoms with E-state index in [1.807, 2.05) is 6.92 Å². The monoisotopic (exact) mass is 227 g/mol. The van der Waals surface area contributed by atoms with Crippen molar-refractivity contribution in [3.8, 4) is 0 Å². The lowest BCUT2D eigenvalue weighted by molar-refractivity contribution is 0.158. The van der Waals surface area contributed by atoms with E-state index in [0.29, 0.717) is 12.0 Å². The lowest BCUT2D eigenvalue weighted by Gasteiger charge is -2.33. The smallest absolute Gasteiger partial charge is 0.0515 e. The first-order chi connectivity index (χ1) is 7.49. The minimum absolute atomic E-state index is 0.165. The van der Waals surface area contributed by atoms with Gasteiger partial charge in [-0.25, -0.2) is 0 Å². The van der Waals surface area contributed by atoms with Crippen molar-refractivity contribution >= 4 is 0 Å². The predicted octanol–water partition coefficient (Wildman–Crippen LogP) is 2.81. The van der Waals surface area contributed by atoms with Crippen molar-refractivity contribution < 1.29 is 5.11 Å². The third-order valence-corrected chi connectivity index (χ3v) is 4.10. The van der Waals surface area contributed by atoms with Crippen LogP contribution in [0.2, 0.25) is 0 Å². The van der Waals surface area contributed by atoms with E-state index in [0.717, 1.165) is 24.8 Å². The maximum Gasteiger partial charge on any atom is 0.0515 e. The number of aliphatic hydroxyl groups excluding tert-OH is 1. The summed E-state index contributed by atoms with van der Waals surface area (Å²) in [7, 11) is 0. The molecule has 5 atom stereocenters. The van der Waals surface area contributed by atoms with E-state index in [-0.39, 0.29) is 6.10 Å². The number of nitrogens with one attached hydrogen (secondary N) is 1. The average molecular weight is 227 g/mol. The molecule has 1 rings (SSSR count). The highest BCUT2D eigenvalue weighted by atomic mass is 16.3. The fourth-order valence-electron chi connectivity index (χ4n) is 2.77. The molecule has 0 radical (unpaired) electrons. The molecule has 0 unspecified atom stereocenters. The Balaban J connectivity index is 2.18. The van der Waals surface area contributed by atoms with Gasteiger partial charge in [-0.3, -0.25) is 0 Å². The van der Waals surface area contributed by atoms with Gasteiger partial charge in [-0.2, -0.15) is 0 Å². The molecular weight excluding hydrogens is 198 g/mol. The van der Waals surface area contributed by atoms with Gasteiger partial charge >= 0.3 is 0 Å². The summed E-state index contributed by atoms with van der Waals surface area (Å²) in [6.45, 7) is 9.89. The number of aliphatic hydroxyl groups is 1. The summed E-state index contributed by atoms with van der Waals surface area (Å²) in [6, 6.07) is 0.711. The van der Waals surface area contributed by atoms with Gasteiger partial charge in [-0.05, 0) is 56.9 Å². The summed E-state index contributed by atoms with van der Waals surface area (Å²) in [4.78, 5) is 0. The minimum Gasteiger partial charge on any atom is -0.393 e. The number of hydrogen-bond donors (Lipinski definition) is 2. The Bertz CT molecular complexity index is 193. The fourth-order valence-corrected chi connectivity index (χ4v) is 2.77. The van der Waals surface area contributed by atoms with Crippen LogP contribution in [0.25, 0.3) is 0 Å². The van der Waals surface area contributed by atoms with Crippen LogP contribution in [0.5, 0.6) is 0 Å². The topological polar surface area (TPSA) is 32.3 Å². The van der Waals surface area contributed by atoms with Gasteiger partial charge in [0.05, 0.1) is 6.10 Å². The zero-order valence-electron chi connectivity index (χ0n) is 11.4. The van der Waals surface area contributed by atoms with E-state index >= 15 is 0 Å². The third-order valence-electron chi connectivity index (χ3n) is 4.10. The second kappa shape index (κ2) is 6.61. The summed E-state index contributed by atoms with van der Waals surface area (Å²) in [5.41, 5.74) is 0. The van der Waals surface area contributed by atoms with E-state index in [1.54, 1.807) is 0 Å². The quantitative estimate of drug-likeness (QED) is 0.757. The first-order valence-corrected chi connectivity index (χ1v) is 6.90. The van der Waals surface area contributed by atoms with Crippen molar-refractivity contribution in [2.75, 3.05) is 6.54 Å². The SMILES string of the molecule is C[C@H](CN[C@@H]1CC[C@@H](C)[C@@H](C)C1)C[C@@H](C)O. The Kier molecular flexibility index (Phi) is 5.77. The van der Waals surface area contributed by atoms with Crippen molar-refractivity contribution in [1.29, 1.82) is 0 Å². The Morgan fingerprint density at radius 2 is 1.88 bits per heavy atom. The summed E-state index contributed by atoms with van der Waals surface area (Å²) in [6.07, 6.45) is 4.76. The van der Waals surface area contributed by atoms with Gasteiger partial charge in [0.15, 0.2) is 0 Å². The molecule has 0 bridgehead atoms. The molecule has 96 valence electrons. The average Bonchev–Trinajstić information content (AvgIpc) is 2.19. The maximum atomic E-state index is 9.31. The Hall–Kier alpha value is -0.0800. The molecule has 2 heteroatoms. The van der Waals surface area contributed by atoms with Crippen LogP contribution < -0.4 is 5.32 Å². The molecule has 16 heavy (non-hydrogen) atoms. The lowest BCUT2D eigenvalue weighted by atomic mass is 9.79. The summed E-state index contributed by atoms with van der Waals surface area (Å²) in [5.74, 6) is 2.33. The first-order valence-electron chi connectivity index (χ1n) is 6.90. The van der Waals surface area contributed by atoms with E-state index < -0.39 is 0 Å². The van der Waals surface area contributed by atoms with E-state index in [1.165, 1.54) is 19.3 Å². The maximum absolute atomic E-state index is 9.31. The van der Waals surface area contributed by atoms with Crippen LogP contribution >= 0.6 is 0 Å². The van der Waals surface area contributed by atoms with Crippen LogP contribution in [-0.2, 0) is 0 Å². The van der Waals surface area contributed by atoms with Crippen LogP contribution in [0.3, 0.4) is 0 Å². The van der Waals surface area contributed by atoms with Gasteiger partial charge < -0.3 is 10.4 Å². The zero-order chi connectivity index (χ0) is 12.1. The van der Waals surface area contributed by atoms with Gasteiger partial charge in [-0.15, -0.1) is 0 Å². The molecule has 2 N–H and O–H groups in total. The molecule has 0 aromatic heterocycles. The molecule has 1 fully saturated rings. The van der Waals surface area contributed by atoms with Crippen molar-refractivity contribution in [3.63, 3.8) is 0 Å². The summed E-state index contributed by atoms with van der Waals surface area (Å²) in [5, 5.41) is 13.0. The summed E-state index contributed by atoms with van der Waals surface area (Å²) < 4.78 is 0. The van der Waals surface area contributed by atoms with Crippen molar-refractivity contribution in [1.82, 2.24) is 5.32 Å². The second-order valence-electron chi connectivity index (χ2n) is 6.06. The zero-order valence-corrected chi connectivity index (χ0v) is 11.4. The number of rotatable bonds is 5. The molecule has 2 nitrogen and oxygen atoms in total. The Morgan fingerprint density at radius 3 is 2.44 bits per heavy atom. The molecule has 1 saturated carbocycles. The van der Waals surface area contributed by atoms with Crippen LogP contribution in [0.15, 0.2) is 0 Å². The molecule has 1 aliphatic carbocycles.